The summed E-state index contributed by atoms with van der Waals surface area (Å²) in [6.45, 7) is 4.31. The third kappa shape index (κ3) is 4.31. The standard InChI is InChI=1S/C21H23FN4O3/c1-2-19-23-24-21(29-19)26-11-9-25(10-12-26)20(27)18(14-17-4-3-13-28-17)15-5-7-16(22)8-6-15/h3-8,13,18H,2,9-12,14H2,1H3. The van der Waals surface area contributed by atoms with Crippen molar-refractivity contribution in [3.05, 3.63) is 65.7 Å². The maximum atomic E-state index is 13.4. The maximum absolute atomic E-state index is 13.4. The van der Waals surface area contributed by atoms with E-state index in [1.165, 1.54) is 12.1 Å². The predicted octanol–water partition coefficient (Wildman–Crippen LogP) is 3.04. The fourth-order valence-corrected chi connectivity index (χ4v) is 3.53. The lowest BCUT2D eigenvalue weighted by Gasteiger charge is -2.35. The van der Waals surface area contributed by atoms with Crippen LogP contribution in [0.2, 0.25) is 0 Å². The Morgan fingerprint density at radius 2 is 1.90 bits per heavy atom. The van der Waals surface area contributed by atoms with Crippen molar-refractivity contribution < 1.29 is 18.0 Å². The van der Waals surface area contributed by atoms with Crippen LogP contribution in [0.1, 0.15) is 30.1 Å². The van der Waals surface area contributed by atoms with E-state index >= 15 is 0 Å². The number of anilines is 1. The highest BCUT2D eigenvalue weighted by molar-refractivity contribution is 5.84. The van der Waals surface area contributed by atoms with Crippen LogP contribution < -0.4 is 4.90 Å². The molecule has 0 radical (unpaired) electrons. The molecule has 3 aromatic rings. The molecular weight excluding hydrogens is 375 g/mol. The second-order valence-electron chi connectivity index (χ2n) is 7.03. The first-order valence-corrected chi connectivity index (χ1v) is 9.78. The lowest BCUT2D eigenvalue weighted by Crippen LogP contribution is -2.50. The van der Waals surface area contributed by atoms with Crippen molar-refractivity contribution in [3.8, 4) is 0 Å². The second kappa shape index (κ2) is 8.46. The molecule has 3 heterocycles. The minimum atomic E-state index is -0.427. The van der Waals surface area contributed by atoms with Gasteiger partial charge in [0.2, 0.25) is 11.8 Å². The molecule has 1 fully saturated rings. The summed E-state index contributed by atoms with van der Waals surface area (Å²) >= 11 is 0. The lowest BCUT2D eigenvalue weighted by atomic mass is 9.92. The molecule has 0 bridgehead atoms. The zero-order valence-electron chi connectivity index (χ0n) is 16.3. The summed E-state index contributed by atoms with van der Waals surface area (Å²) in [7, 11) is 0. The lowest BCUT2D eigenvalue weighted by molar-refractivity contribution is -0.133. The number of aryl methyl sites for hydroxylation is 1. The quantitative estimate of drug-likeness (QED) is 0.635. The first-order valence-electron chi connectivity index (χ1n) is 9.78. The number of furan rings is 1. The number of amides is 1. The fraction of sp³-hybridized carbons (Fsp3) is 0.381. The van der Waals surface area contributed by atoms with Crippen molar-refractivity contribution in [3.63, 3.8) is 0 Å². The van der Waals surface area contributed by atoms with Gasteiger partial charge in [0.25, 0.3) is 0 Å². The first-order chi connectivity index (χ1) is 14.1. The second-order valence-corrected chi connectivity index (χ2v) is 7.03. The Kier molecular flexibility index (Phi) is 5.59. The van der Waals surface area contributed by atoms with Gasteiger partial charge in [-0.1, -0.05) is 24.2 Å². The minimum absolute atomic E-state index is 0.00688. The van der Waals surface area contributed by atoms with Crippen molar-refractivity contribution in [2.75, 3.05) is 31.1 Å². The molecule has 7 nitrogen and oxygen atoms in total. The van der Waals surface area contributed by atoms with Crippen LogP contribution in [-0.4, -0.2) is 47.2 Å². The van der Waals surface area contributed by atoms with Gasteiger partial charge in [-0.15, -0.1) is 5.10 Å². The van der Waals surface area contributed by atoms with E-state index in [1.807, 2.05) is 22.8 Å². The molecule has 152 valence electrons. The van der Waals surface area contributed by atoms with Crippen LogP contribution in [-0.2, 0) is 17.6 Å². The van der Waals surface area contributed by atoms with Crippen LogP contribution in [0.15, 0.2) is 51.5 Å². The summed E-state index contributed by atoms with van der Waals surface area (Å²) < 4.78 is 24.4. The number of halogens is 1. The van der Waals surface area contributed by atoms with E-state index < -0.39 is 5.92 Å². The number of piperazine rings is 1. The molecule has 1 aliphatic heterocycles. The van der Waals surface area contributed by atoms with Crippen LogP contribution in [0.5, 0.6) is 0 Å². The van der Waals surface area contributed by atoms with Gasteiger partial charge in [-0.25, -0.2) is 4.39 Å². The van der Waals surface area contributed by atoms with Crippen molar-refractivity contribution in [2.45, 2.75) is 25.7 Å². The van der Waals surface area contributed by atoms with E-state index in [9.17, 15) is 9.18 Å². The summed E-state index contributed by atoms with van der Waals surface area (Å²) in [5.41, 5.74) is 0.778. The predicted molar refractivity (Wildman–Crippen MR) is 104 cm³/mol. The number of benzene rings is 1. The molecule has 2 aromatic heterocycles. The van der Waals surface area contributed by atoms with E-state index in [1.54, 1.807) is 24.5 Å². The Hall–Kier alpha value is -3.16. The van der Waals surface area contributed by atoms with Gasteiger partial charge in [-0.2, -0.15) is 0 Å². The third-order valence-corrected chi connectivity index (χ3v) is 5.18. The molecule has 8 heteroatoms. The number of rotatable bonds is 6. The van der Waals surface area contributed by atoms with Gasteiger partial charge in [-0.05, 0) is 29.8 Å². The van der Waals surface area contributed by atoms with E-state index in [0.717, 1.165) is 11.3 Å². The van der Waals surface area contributed by atoms with Crippen molar-refractivity contribution in [2.24, 2.45) is 0 Å². The minimum Gasteiger partial charge on any atom is -0.469 e. The van der Waals surface area contributed by atoms with Gasteiger partial charge >= 0.3 is 6.01 Å². The van der Waals surface area contributed by atoms with Crippen molar-refractivity contribution in [1.82, 2.24) is 15.1 Å². The highest BCUT2D eigenvalue weighted by Gasteiger charge is 2.30. The SMILES string of the molecule is CCc1nnc(N2CCN(C(=O)C(Cc3ccco3)c3ccc(F)cc3)CC2)o1. The molecule has 1 unspecified atom stereocenters. The topological polar surface area (TPSA) is 75.6 Å². The first kappa shape index (κ1) is 19.2. The molecule has 1 saturated heterocycles. The van der Waals surface area contributed by atoms with Crippen LogP contribution in [0.4, 0.5) is 10.4 Å². The van der Waals surface area contributed by atoms with E-state index in [-0.39, 0.29) is 11.7 Å². The third-order valence-electron chi connectivity index (χ3n) is 5.18. The molecule has 1 aromatic carbocycles. The molecule has 1 atom stereocenters. The Bertz CT molecular complexity index is 931. The maximum Gasteiger partial charge on any atom is 0.318 e. The largest absolute Gasteiger partial charge is 0.469 e. The molecule has 0 saturated carbocycles. The van der Waals surface area contributed by atoms with Gasteiger partial charge in [0, 0.05) is 39.0 Å². The number of carbonyl (C=O) groups excluding carboxylic acids is 1. The number of hydrogen-bond acceptors (Lipinski definition) is 6. The van der Waals surface area contributed by atoms with Crippen LogP contribution in [0, 0.1) is 5.82 Å². The number of nitrogens with zero attached hydrogens (tertiary/aromatic N) is 4. The summed E-state index contributed by atoms with van der Waals surface area (Å²) in [6.07, 6.45) is 2.72. The van der Waals surface area contributed by atoms with E-state index in [2.05, 4.69) is 10.2 Å². The normalized spacial score (nSPS) is 15.5. The summed E-state index contributed by atoms with van der Waals surface area (Å²) in [6, 6.07) is 10.3. The number of hydrogen-bond donors (Lipinski definition) is 0. The Labute approximate surface area is 168 Å². The summed E-state index contributed by atoms with van der Waals surface area (Å²) in [5.74, 6) is 0.589. The Morgan fingerprint density at radius 1 is 1.14 bits per heavy atom. The summed E-state index contributed by atoms with van der Waals surface area (Å²) in [4.78, 5) is 17.2. The average molecular weight is 398 g/mol. The average Bonchev–Trinajstić information content (AvgIpc) is 3.44. The fourth-order valence-electron chi connectivity index (χ4n) is 3.53. The molecule has 1 amide bonds. The molecule has 1 aliphatic rings. The number of carbonyl (C=O) groups is 1. The Balaban J connectivity index is 1.46. The van der Waals surface area contributed by atoms with Gasteiger partial charge in [0.05, 0.1) is 12.2 Å². The highest BCUT2D eigenvalue weighted by Crippen LogP contribution is 2.25. The molecule has 0 aliphatic carbocycles. The molecule has 0 spiro atoms. The van der Waals surface area contributed by atoms with Gasteiger partial charge in [-0.3, -0.25) is 4.79 Å². The smallest absolute Gasteiger partial charge is 0.318 e. The van der Waals surface area contributed by atoms with Gasteiger partial charge < -0.3 is 18.6 Å². The monoisotopic (exact) mass is 398 g/mol. The zero-order chi connectivity index (χ0) is 20.2. The molecule has 29 heavy (non-hydrogen) atoms. The van der Waals surface area contributed by atoms with E-state index in [4.69, 9.17) is 8.83 Å². The number of aromatic nitrogens is 2. The van der Waals surface area contributed by atoms with E-state index in [0.29, 0.717) is 50.9 Å². The molecule has 4 rings (SSSR count). The van der Waals surface area contributed by atoms with Crippen LogP contribution in [0.25, 0.3) is 0 Å². The zero-order valence-corrected chi connectivity index (χ0v) is 16.3. The van der Waals surface area contributed by atoms with Crippen LogP contribution in [0.3, 0.4) is 0 Å². The van der Waals surface area contributed by atoms with Gasteiger partial charge in [0.15, 0.2) is 0 Å². The highest BCUT2D eigenvalue weighted by atomic mass is 19.1. The summed E-state index contributed by atoms with van der Waals surface area (Å²) in [5, 5.41) is 8.08. The molecule has 0 N–H and O–H groups in total. The van der Waals surface area contributed by atoms with Crippen molar-refractivity contribution in [1.29, 1.82) is 0 Å². The Morgan fingerprint density at radius 3 is 2.52 bits per heavy atom. The molecular formula is C21H23FN4O3. The van der Waals surface area contributed by atoms with Gasteiger partial charge in [0.1, 0.15) is 11.6 Å². The van der Waals surface area contributed by atoms with Crippen LogP contribution >= 0.6 is 0 Å². The van der Waals surface area contributed by atoms with Crippen molar-refractivity contribution >= 4 is 11.9 Å².